The molecule has 0 aliphatic carbocycles. The molecule has 0 spiro atoms. The molecule has 12 N–H and O–H groups in total. The molecular formula is C84H159NO18. The standard InChI is InChI=1S/C84H159NO18/c1-3-5-7-9-11-13-15-17-19-21-23-25-27-29-31-33-34-36-38-40-42-44-46-48-50-52-54-56-58-60-62-72(90)85-67(68(89)61-59-57-55-53-51-49-47-45-43-41-39-37-35-32-30-28-26-24-22-20-18-16-14-12-10-8-6-4-2)66-98-82-78(96)75(93)80(70(64-87)100-82)103-84-79(97)76(94)81(71(65-88)101-84)102-83-77(95)74(92)73(91)69(63-86)99-83/h51,53,59,61,67-71,73-84,86-89,91-97H,3-50,52,54-58,60,62-66H2,1-2H3,(H,85,90)/b53-51+,61-59+. The third-order valence-electron chi connectivity index (χ3n) is 21.8. The Morgan fingerprint density at radius 3 is 0.971 bits per heavy atom. The van der Waals surface area contributed by atoms with Gasteiger partial charge >= 0.3 is 0 Å². The normalized spacial score (nSPS) is 26.1. The second-order valence-electron chi connectivity index (χ2n) is 31.0. The SMILES string of the molecule is CCCCCCCCCCCCCCCCCCCCCCCC/C=C/CC/C=C/C(O)C(COC1OC(CO)C(OC2OC(CO)C(OC3OC(CO)C(O)C(O)C3O)C(O)C2O)C(O)C1O)NC(=O)CCCCCCCCCCCCCCCCCCCCCCCCCCCCCCCC. The summed E-state index contributed by atoms with van der Waals surface area (Å²) in [4.78, 5) is 13.5. The number of hydrogen-bond acceptors (Lipinski definition) is 18. The molecule has 3 saturated heterocycles. The summed E-state index contributed by atoms with van der Waals surface area (Å²) in [5.41, 5.74) is 0. The molecule has 3 rings (SSSR count). The van der Waals surface area contributed by atoms with Crippen molar-refractivity contribution in [2.45, 2.75) is 478 Å². The highest BCUT2D eigenvalue weighted by Gasteiger charge is 2.54. The Balaban J connectivity index is 1.36. The number of nitrogens with one attached hydrogen (secondary N) is 1. The van der Waals surface area contributed by atoms with E-state index in [2.05, 4.69) is 31.3 Å². The van der Waals surface area contributed by atoms with E-state index >= 15 is 0 Å². The summed E-state index contributed by atoms with van der Waals surface area (Å²) >= 11 is 0. The van der Waals surface area contributed by atoms with Crippen molar-refractivity contribution in [3.05, 3.63) is 24.3 Å². The molecule has 17 unspecified atom stereocenters. The van der Waals surface area contributed by atoms with Crippen molar-refractivity contribution in [3.63, 3.8) is 0 Å². The monoisotopic (exact) mass is 1470 g/mol. The Labute approximate surface area is 626 Å². The van der Waals surface area contributed by atoms with E-state index in [0.29, 0.717) is 12.8 Å². The number of carbonyl (C=O) groups is 1. The maximum atomic E-state index is 13.5. The number of ether oxygens (including phenoxy) is 6. The number of hydrogen-bond donors (Lipinski definition) is 12. The fourth-order valence-corrected chi connectivity index (χ4v) is 14.9. The zero-order valence-corrected chi connectivity index (χ0v) is 65.3. The minimum Gasteiger partial charge on any atom is -0.394 e. The van der Waals surface area contributed by atoms with Crippen molar-refractivity contribution >= 4 is 5.91 Å². The van der Waals surface area contributed by atoms with Crippen molar-refractivity contribution < 1.29 is 89.4 Å². The topological polar surface area (TPSA) is 307 Å². The molecular weight excluding hydrogens is 1310 g/mol. The molecule has 19 heteroatoms. The zero-order chi connectivity index (χ0) is 74.6. The van der Waals surface area contributed by atoms with E-state index in [9.17, 15) is 61.0 Å². The minimum absolute atomic E-state index is 0.241. The van der Waals surface area contributed by atoms with Gasteiger partial charge in [0.15, 0.2) is 18.9 Å². The van der Waals surface area contributed by atoms with E-state index in [0.717, 1.165) is 38.5 Å². The average molecular weight is 1470 g/mol. The molecule has 0 aromatic carbocycles. The minimum atomic E-state index is -1.98. The van der Waals surface area contributed by atoms with Gasteiger partial charge in [-0.15, -0.1) is 0 Å². The van der Waals surface area contributed by atoms with E-state index in [1.807, 2.05) is 6.08 Å². The third kappa shape index (κ3) is 44.6. The van der Waals surface area contributed by atoms with Crippen LogP contribution in [0, 0.1) is 0 Å². The molecule has 103 heavy (non-hydrogen) atoms. The third-order valence-corrected chi connectivity index (χ3v) is 21.8. The van der Waals surface area contributed by atoms with Crippen LogP contribution in [0.1, 0.15) is 373 Å². The molecule has 608 valence electrons. The highest BCUT2D eigenvalue weighted by Crippen LogP contribution is 2.33. The second kappa shape index (κ2) is 65.0. The quantitative estimate of drug-likeness (QED) is 0.0199. The van der Waals surface area contributed by atoms with Crippen molar-refractivity contribution in [2.75, 3.05) is 26.4 Å². The molecule has 3 aliphatic rings. The van der Waals surface area contributed by atoms with Crippen LogP contribution in [0.2, 0.25) is 0 Å². The molecule has 0 radical (unpaired) electrons. The van der Waals surface area contributed by atoms with E-state index in [4.69, 9.17) is 28.4 Å². The predicted molar refractivity (Wildman–Crippen MR) is 411 cm³/mol. The van der Waals surface area contributed by atoms with Gasteiger partial charge in [0, 0.05) is 6.42 Å². The molecule has 1 amide bonds. The number of unbranched alkanes of at least 4 members (excludes halogenated alkanes) is 52. The molecule has 19 nitrogen and oxygen atoms in total. The first kappa shape index (κ1) is 95.5. The Hall–Kier alpha value is -1.73. The molecule has 0 aromatic rings. The second-order valence-corrected chi connectivity index (χ2v) is 31.0. The van der Waals surface area contributed by atoms with Gasteiger partial charge in [-0.05, 0) is 32.1 Å². The van der Waals surface area contributed by atoms with Crippen molar-refractivity contribution in [3.8, 4) is 0 Å². The van der Waals surface area contributed by atoms with Gasteiger partial charge in [-0.25, -0.2) is 0 Å². The van der Waals surface area contributed by atoms with E-state index in [1.165, 1.54) is 302 Å². The van der Waals surface area contributed by atoms with E-state index < -0.39 is 124 Å². The summed E-state index contributed by atoms with van der Waals surface area (Å²) in [7, 11) is 0. The smallest absolute Gasteiger partial charge is 0.220 e. The van der Waals surface area contributed by atoms with Crippen molar-refractivity contribution in [1.82, 2.24) is 5.32 Å². The summed E-state index contributed by atoms with van der Waals surface area (Å²) in [6.45, 7) is 1.79. The van der Waals surface area contributed by atoms with Gasteiger partial charge in [-0.3, -0.25) is 4.79 Å². The van der Waals surface area contributed by atoms with Gasteiger partial charge in [0.25, 0.3) is 0 Å². The lowest BCUT2D eigenvalue weighted by molar-refractivity contribution is -0.379. The molecule has 3 fully saturated rings. The fraction of sp³-hybridized carbons (Fsp3) is 0.940. The first-order valence-electron chi connectivity index (χ1n) is 43.1. The highest BCUT2D eigenvalue weighted by molar-refractivity contribution is 5.76. The highest BCUT2D eigenvalue weighted by atomic mass is 16.8. The van der Waals surface area contributed by atoms with Crippen LogP contribution in [0.5, 0.6) is 0 Å². The number of carbonyl (C=O) groups excluding carboxylic acids is 1. The molecule has 3 heterocycles. The first-order valence-corrected chi connectivity index (χ1v) is 43.1. The van der Waals surface area contributed by atoms with Gasteiger partial charge in [0.2, 0.25) is 5.91 Å². The summed E-state index contributed by atoms with van der Waals surface area (Å²) < 4.78 is 34.5. The van der Waals surface area contributed by atoms with Crippen LogP contribution in [0.25, 0.3) is 0 Å². The Morgan fingerprint density at radius 2 is 0.621 bits per heavy atom. The van der Waals surface area contributed by atoms with Gasteiger partial charge in [-0.2, -0.15) is 0 Å². The number of amides is 1. The van der Waals surface area contributed by atoms with Crippen molar-refractivity contribution in [1.29, 1.82) is 0 Å². The van der Waals surface area contributed by atoms with Crippen LogP contribution >= 0.6 is 0 Å². The van der Waals surface area contributed by atoms with E-state index in [1.54, 1.807) is 6.08 Å². The number of allylic oxidation sites excluding steroid dienone is 3. The summed E-state index contributed by atoms with van der Waals surface area (Å²) in [6, 6.07) is -0.989. The number of rotatable bonds is 70. The lowest BCUT2D eigenvalue weighted by atomic mass is 9.96. The Morgan fingerprint density at radius 1 is 0.340 bits per heavy atom. The maximum Gasteiger partial charge on any atom is 0.220 e. The first-order chi connectivity index (χ1) is 50.3. The van der Waals surface area contributed by atoms with Crippen LogP contribution in [-0.2, 0) is 33.2 Å². The van der Waals surface area contributed by atoms with Crippen LogP contribution < -0.4 is 5.32 Å². The summed E-state index contributed by atoms with van der Waals surface area (Å²) in [6.07, 6.45) is 53.3. The Bertz CT molecular complexity index is 1950. The zero-order valence-electron chi connectivity index (χ0n) is 65.3. The summed E-state index contributed by atoms with van der Waals surface area (Å²) in [5.74, 6) is -0.276. The fourth-order valence-electron chi connectivity index (χ4n) is 14.9. The largest absolute Gasteiger partial charge is 0.394 e. The lowest BCUT2D eigenvalue weighted by Gasteiger charge is -2.48. The summed E-state index contributed by atoms with van der Waals surface area (Å²) in [5, 5.41) is 121. The van der Waals surface area contributed by atoms with Gasteiger partial charge in [0.05, 0.1) is 38.6 Å². The van der Waals surface area contributed by atoms with Crippen LogP contribution in [0.3, 0.4) is 0 Å². The number of aliphatic hydroxyl groups excluding tert-OH is 11. The van der Waals surface area contributed by atoms with Gasteiger partial charge in [-0.1, -0.05) is 359 Å². The van der Waals surface area contributed by atoms with Crippen LogP contribution in [-0.4, -0.2) is 193 Å². The lowest BCUT2D eigenvalue weighted by Crippen LogP contribution is -2.66. The van der Waals surface area contributed by atoms with E-state index in [-0.39, 0.29) is 18.9 Å². The number of aliphatic hydroxyl groups is 11. The Kier molecular flexibility index (Phi) is 60.3. The van der Waals surface area contributed by atoms with Gasteiger partial charge < -0.3 is 89.9 Å². The molecule has 0 bridgehead atoms. The van der Waals surface area contributed by atoms with Crippen molar-refractivity contribution in [2.24, 2.45) is 0 Å². The molecule has 0 aromatic heterocycles. The average Bonchev–Trinajstić information content (AvgIpc) is 0.782. The molecule has 3 aliphatic heterocycles. The van der Waals surface area contributed by atoms with Crippen LogP contribution in [0.15, 0.2) is 24.3 Å². The molecule has 17 atom stereocenters. The van der Waals surface area contributed by atoms with Crippen LogP contribution in [0.4, 0.5) is 0 Å². The van der Waals surface area contributed by atoms with Gasteiger partial charge in [0.1, 0.15) is 73.2 Å². The predicted octanol–water partition coefficient (Wildman–Crippen LogP) is 15.3. The molecule has 0 saturated carbocycles. The maximum absolute atomic E-state index is 13.5.